The number of alkyl halides is 3. The molecule has 0 bridgehead atoms. The Hall–Kier alpha value is -1.30. The van der Waals surface area contributed by atoms with Crippen LogP contribution in [0.1, 0.15) is 18.4 Å². The second kappa shape index (κ2) is 5.36. The topological polar surface area (TPSA) is 23.5 Å². The smallest absolute Gasteiger partial charge is 0.391 e. The minimum atomic E-state index is -4.14. The maximum atomic E-state index is 13.0. The fourth-order valence-electron chi connectivity index (χ4n) is 2.44. The van der Waals surface area contributed by atoms with Gasteiger partial charge in [0.2, 0.25) is 0 Å². The zero-order valence-corrected chi connectivity index (χ0v) is 10.3. The molecule has 1 aromatic carbocycles. The molecule has 0 amide bonds. The molecule has 6 heteroatoms. The van der Waals surface area contributed by atoms with Crippen LogP contribution in [0.2, 0.25) is 0 Å². The molecule has 106 valence electrons. The summed E-state index contributed by atoms with van der Waals surface area (Å²) in [6, 6.07) is 3.98. The van der Waals surface area contributed by atoms with Gasteiger partial charge in [0.05, 0.1) is 12.5 Å². The number of aliphatic hydroxyl groups excluding tert-OH is 1. The predicted octanol–water partition coefficient (Wildman–Crippen LogP) is 3.10. The van der Waals surface area contributed by atoms with Crippen LogP contribution in [0.4, 0.5) is 23.2 Å². The van der Waals surface area contributed by atoms with Crippen LogP contribution >= 0.6 is 0 Å². The summed E-state index contributed by atoms with van der Waals surface area (Å²) in [7, 11) is 0. The summed E-state index contributed by atoms with van der Waals surface area (Å²) in [6.07, 6.45) is -4.08. The maximum Gasteiger partial charge on any atom is 0.391 e. The lowest BCUT2D eigenvalue weighted by Gasteiger charge is -2.35. The van der Waals surface area contributed by atoms with E-state index in [9.17, 15) is 22.7 Å². The summed E-state index contributed by atoms with van der Waals surface area (Å²) in [4.78, 5) is 1.77. The average Bonchev–Trinajstić information content (AvgIpc) is 2.37. The molecular formula is C13H15F4NO. The lowest BCUT2D eigenvalue weighted by atomic mass is 9.95. The standard InChI is InChI=1S/C13H15F4NO/c14-11-1-2-12(9(7-11)8-19)18-5-3-10(4-6-18)13(15,16)17/h1-2,7,10,19H,3-6,8H2. The van der Waals surface area contributed by atoms with E-state index in [4.69, 9.17) is 0 Å². The van der Waals surface area contributed by atoms with Gasteiger partial charge in [-0.15, -0.1) is 0 Å². The van der Waals surface area contributed by atoms with Gasteiger partial charge < -0.3 is 10.0 Å². The summed E-state index contributed by atoms with van der Waals surface area (Å²) in [5, 5.41) is 9.18. The molecule has 1 aromatic rings. The van der Waals surface area contributed by atoms with Crippen LogP contribution < -0.4 is 4.90 Å². The molecule has 19 heavy (non-hydrogen) atoms. The molecule has 0 atom stereocenters. The Bertz CT molecular complexity index is 439. The minimum Gasteiger partial charge on any atom is -0.392 e. The minimum absolute atomic E-state index is 0.0335. The molecule has 1 aliphatic heterocycles. The second-order valence-corrected chi connectivity index (χ2v) is 4.73. The van der Waals surface area contributed by atoms with E-state index in [1.807, 2.05) is 0 Å². The van der Waals surface area contributed by atoms with Crippen molar-refractivity contribution in [1.29, 1.82) is 0 Å². The van der Waals surface area contributed by atoms with Crippen molar-refractivity contribution in [2.24, 2.45) is 5.92 Å². The normalized spacial score (nSPS) is 17.8. The summed E-state index contributed by atoms with van der Waals surface area (Å²) < 4.78 is 50.7. The molecule has 0 saturated carbocycles. The Labute approximate surface area is 108 Å². The summed E-state index contributed by atoms with van der Waals surface area (Å²) >= 11 is 0. The highest BCUT2D eigenvalue weighted by Crippen LogP contribution is 2.36. The molecule has 2 rings (SSSR count). The molecule has 1 saturated heterocycles. The first-order chi connectivity index (χ1) is 8.91. The van der Waals surface area contributed by atoms with E-state index < -0.39 is 17.9 Å². The van der Waals surface area contributed by atoms with Gasteiger partial charge in [0, 0.05) is 24.3 Å². The zero-order chi connectivity index (χ0) is 14.0. The van der Waals surface area contributed by atoms with Crippen LogP contribution in [0.5, 0.6) is 0 Å². The van der Waals surface area contributed by atoms with Crippen molar-refractivity contribution in [3.63, 3.8) is 0 Å². The highest BCUT2D eigenvalue weighted by Gasteiger charge is 2.41. The monoisotopic (exact) mass is 277 g/mol. The number of nitrogens with zero attached hydrogens (tertiary/aromatic N) is 1. The van der Waals surface area contributed by atoms with Crippen molar-refractivity contribution in [2.75, 3.05) is 18.0 Å². The van der Waals surface area contributed by atoms with E-state index in [-0.39, 0.29) is 32.5 Å². The van der Waals surface area contributed by atoms with E-state index in [0.717, 1.165) is 0 Å². The third kappa shape index (κ3) is 3.18. The Balaban J connectivity index is 2.10. The molecule has 0 aromatic heterocycles. The second-order valence-electron chi connectivity index (χ2n) is 4.73. The quantitative estimate of drug-likeness (QED) is 0.840. The molecule has 2 nitrogen and oxygen atoms in total. The first-order valence-electron chi connectivity index (χ1n) is 6.12. The number of rotatable bonds is 2. The Kier molecular flexibility index (Phi) is 3.99. The van der Waals surface area contributed by atoms with Gasteiger partial charge in [-0.25, -0.2) is 4.39 Å². The highest BCUT2D eigenvalue weighted by molar-refractivity contribution is 5.53. The molecule has 0 spiro atoms. The third-order valence-electron chi connectivity index (χ3n) is 3.51. The van der Waals surface area contributed by atoms with Gasteiger partial charge in [-0.05, 0) is 31.0 Å². The number of benzene rings is 1. The van der Waals surface area contributed by atoms with E-state index in [2.05, 4.69) is 0 Å². The van der Waals surface area contributed by atoms with Gasteiger partial charge in [-0.3, -0.25) is 0 Å². The summed E-state index contributed by atoms with van der Waals surface area (Å²) in [5.41, 5.74) is 1.02. The molecule has 0 radical (unpaired) electrons. The van der Waals surface area contributed by atoms with Gasteiger partial charge in [0.25, 0.3) is 0 Å². The van der Waals surface area contributed by atoms with Gasteiger partial charge in [-0.1, -0.05) is 0 Å². The van der Waals surface area contributed by atoms with Crippen molar-refractivity contribution >= 4 is 5.69 Å². The highest BCUT2D eigenvalue weighted by atomic mass is 19.4. The van der Waals surface area contributed by atoms with Crippen molar-refractivity contribution in [2.45, 2.75) is 25.6 Å². The number of hydrogen-bond acceptors (Lipinski definition) is 2. The Morgan fingerprint density at radius 2 is 1.84 bits per heavy atom. The molecule has 1 fully saturated rings. The van der Waals surface area contributed by atoms with E-state index in [1.54, 1.807) is 4.90 Å². The van der Waals surface area contributed by atoms with Crippen LogP contribution in [0.3, 0.4) is 0 Å². The largest absolute Gasteiger partial charge is 0.392 e. The van der Waals surface area contributed by atoms with Gasteiger partial charge >= 0.3 is 6.18 Å². The lowest BCUT2D eigenvalue weighted by molar-refractivity contribution is -0.179. The Morgan fingerprint density at radius 3 is 2.37 bits per heavy atom. The average molecular weight is 277 g/mol. The van der Waals surface area contributed by atoms with Crippen LogP contribution in [-0.4, -0.2) is 24.4 Å². The molecule has 0 aliphatic carbocycles. The van der Waals surface area contributed by atoms with Crippen molar-refractivity contribution in [3.05, 3.63) is 29.6 Å². The molecule has 1 aliphatic rings. The fraction of sp³-hybridized carbons (Fsp3) is 0.538. The van der Waals surface area contributed by atoms with Crippen LogP contribution in [-0.2, 0) is 6.61 Å². The van der Waals surface area contributed by atoms with Crippen LogP contribution in [0.15, 0.2) is 18.2 Å². The van der Waals surface area contributed by atoms with Crippen LogP contribution in [0.25, 0.3) is 0 Å². The first-order valence-corrected chi connectivity index (χ1v) is 6.12. The number of hydrogen-bond donors (Lipinski definition) is 1. The first kappa shape index (κ1) is 14.1. The lowest BCUT2D eigenvalue weighted by Crippen LogP contribution is -2.39. The zero-order valence-electron chi connectivity index (χ0n) is 10.3. The third-order valence-corrected chi connectivity index (χ3v) is 3.51. The Morgan fingerprint density at radius 1 is 1.21 bits per heavy atom. The van der Waals surface area contributed by atoms with E-state index in [0.29, 0.717) is 11.3 Å². The number of halogens is 4. The molecular weight excluding hydrogens is 262 g/mol. The van der Waals surface area contributed by atoms with Gasteiger partial charge in [0.15, 0.2) is 0 Å². The van der Waals surface area contributed by atoms with Crippen molar-refractivity contribution in [3.8, 4) is 0 Å². The number of piperidine rings is 1. The number of aliphatic hydroxyl groups is 1. The van der Waals surface area contributed by atoms with Gasteiger partial charge in [-0.2, -0.15) is 13.2 Å². The summed E-state index contributed by atoms with van der Waals surface area (Å²) in [6.45, 7) is 0.206. The molecule has 1 heterocycles. The maximum absolute atomic E-state index is 13.0. The van der Waals surface area contributed by atoms with E-state index >= 15 is 0 Å². The SMILES string of the molecule is OCc1cc(F)ccc1N1CCC(C(F)(F)F)CC1. The molecule has 0 unspecified atom stereocenters. The van der Waals surface area contributed by atoms with Crippen LogP contribution in [0, 0.1) is 11.7 Å². The van der Waals surface area contributed by atoms with Crippen molar-refractivity contribution in [1.82, 2.24) is 0 Å². The summed E-state index contributed by atoms with van der Waals surface area (Å²) in [5.74, 6) is -1.72. The number of anilines is 1. The van der Waals surface area contributed by atoms with Gasteiger partial charge in [0.1, 0.15) is 5.82 Å². The predicted molar refractivity (Wildman–Crippen MR) is 63.3 cm³/mol. The van der Waals surface area contributed by atoms with Crippen molar-refractivity contribution < 1.29 is 22.7 Å². The van der Waals surface area contributed by atoms with E-state index in [1.165, 1.54) is 18.2 Å². The fourth-order valence-corrected chi connectivity index (χ4v) is 2.44. The molecule has 1 N–H and O–H groups in total.